The fraction of sp³-hybridized carbons (Fsp3) is 0.156. The van der Waals surface area contributed by atoms with Gasteiger partial charge in [-0.25, -0.2) is 0 Å². The summed E-state index contributed by atoms with van der Waals surface area (Å²) in [6.45, 7) is 14.1. The van der Waals surface area contributed by atoms with Crippen molar-refractivity contribution in [1.29, 1.82) is 0 Å². The van der Waals surface area contributed by atoms with Gasteiger partial charge in [0.1, 0.15) is 5.58 Å². The van der Waals surface area contributed by atoms with E-state index in [2.05, 4.69) is 199 Å². The number of nitrogens with one attached hydrogen (secondary N) is 1. The first-order chi connectivity index (χ1) is 34.5. The quantitative estimate of drug-likeness (QED) is 0.174. The van der Waals surface area contributed by atoms with Crippen LogP contribution in [0.5, 0.6) is 23.0 Å². The molecule has 11 aromatic rings. The van der Waals surface area contributed by atoms with Gasteiger partial charge in [0.15, 0.2) is 35.9 Å². The largest absolute Gasteiger partial charge is 0.454 e. The number of rotatable bonds is 5. The molecular weight excluding hydrogens is 888 g/mol. The van der Waals surface area contributed by atoms with Crippen LogP contribution in [0.3, 0.4) is 0 Å². The maximum Gasteiger partial charge on any atom is 0.198 e. The van der Waals surface area contributed by atoms with Crippen molar-refractivity contribution in [2.24, 2.45) is 0 Å². The van der Waals surface area contributed by atoms with Crippen molar-refractivity contribution in [3.63, 3.8) is 0 Å². The maximum absolute atomic E-state index is 7.18. The highest BCUT2D eigenvalue weighted by Gasteiger charge is 2.40. The molecule has 0 saturated carbocycles. The molecule has 2 aromatic heterocycles. The number of benzene rings is 9. The lowest BCUT2D eigenvalue weighted by molar-refractivity contribution is 0.332. The number of thiophene rings is 1. The summed E-state index contributed by atoms with van der Waals surface area (Å²) in [7, 11) is 2.36. The number of hydrogen-bond donors (Lipinski definition) is 1. The molecule has 0 fully saturated rings. The van der Waals surface area contributed by atoms with Crippen LogP contribution >= 0.6 is 11.3 Å². The van der Waals surface area contributed by atoms with E-state index in [4.69, 9.17) is 13.9 Å². The minimum atomic E-state index is -0.0260. The van der Waals surface area contributed by atoms with Gasteiger partial charge in [0.2, 0.25) is 0 Å². The lowest BCUT2D eigenvalue weighted by Gasteiger charge is -2.43. The third-order valence-corrected chi connectivity index (χ3v) is 16.7. The highest BCUT2D eigenvalue weighted by Crippen LogP contribution is 2.54. The SMILES string of the molecule is Cc1ccc(Nc2cc3sc4ccccc4c3cc2-c2cc3c(oc4ccccc43)c3c2[B]c2cc4c(cc2N3c2cc3c(cc2C)C(C)(C)CCC3(C)C)Oc2ccccc2O4)c(-c2ccccc2)c1. The molecular formula is C64H50BN2O3S. The predicted octanol–water partition coefficient (Wildman–Crippen LogP) is 17.3. The van der Waals surface area contributed by atoms with E-state index < -0.39 is 0 Å². The zero-order valence-corrected chi connectivity index (χ0v) is 41.5. The summed E-state index contributed by atoms with van der Waals surface area (Å²) in [5, 5.41) is 8.69. The third-order valence-electron chi connectivity index (χ3n) is 15.6. The first-order valence-electron chi connectivity index (χ1n) is 24.8. The Hall–Kier alpha value is -7.74. The lowest BCUT2D eigenvalue weighted by atomic mass is 9.57. The molecule has 71 heavy (non-hydrogen) atoms. The second-order valence-electron chi connectivity index (χ2n) is 21.1. The summed E-state index contributed by atoms with van der Waals surface area (Å²) >= 11 is 1.84. The summed E-state index contributed by atoms with van der Waals surface area (Å²) in [5.74, 6) is 2.75. The number of aryl methyl sites for hydroxylation is 2. The van der Waals surface area contributed by atoms with Crippen LogP contribution < -0.4 is 30.6 Å². The molecule has 0 amide bonds. The third kappa shape index (κ3) is 6.59. The highest BCUT2D eigenvalue weighted by atomic mass is 32.1. The van der Waals surface area contributed by atoms with Crippen LogP contribution in [0.1, 0.15) is 62.8 Å². The fourth-order valence-corrected chi connectivity index (χ4v) is 12.8. The Morgan fingerprint density at radius 1 is 0.535 bits per heavy atom. The summed E-state index contributed by atoms with van der Waals surface area (Å²) in [4.78, 5) is 2.48. The van der Waals surface area contributed by atoms with E-state index >= 15 is 0 Å². The number of para-hydroxylation sites is 3. The molecule has 9 aromatic carbocycles. The van der Waals surface area contributed by atoms with Gasteiger partial charge in [0.05, 0.1) is 5.69 Å². The van der Waals surface area contributed by atoms with E-state index in [0.29, 0.717) is 23.0 Å². The Bertz CT molecular complexity index is 4050. The molecule has 0 unspecified atom stereocenters. The Kier molecular flexibility index (Phi) is 9.14. The molecule has 0 atom stereocenters. The van der Waals surface area contributed by atoms with Crippen LogP contribution in [0.4, 0.5) is 28.4 Å². The second kappa shape index (κ2) is 15.4. The van der Waals surface area contributed by atoms with Crippen molar-refractivity contribution in [3.05, 3.63) is 186 Å². The molecule has 0 spiro atoms. The topological polar surface area (TPSA) is 46.9 Å². The van der Waals surface area contributed by atoms with Crippen molar-refractivity contribution in [1.82, 2.24) is 0 Å². The monoisotopic (exact) mass is 937 g/mol. The van der Waals surface area contributed by atoms with Gasteiger partial charge in [-0.2, -0.15) is 0 Å². The van der Waals surface area contributed by atoms with Gasteiger partial charge < -0.3 is 24.1 Å². The number of fused-ring (bicyclic) bond motifs is 12. The molecule has 5 nitrogen and oxygen atoms in total. The van der Waals surface area contributed by atoms with Crippen LogP contribution in [0, 0.1) is 13.8 Å². The van der Waals surface area contributed by atoms with Crippen molar-refractivity contribution < 1.29 is 13.9 Å². The molecule has 4 heterocycles. The lowest BCUT2D eigenvalue weighted by Crippen LogP contribution is -2.42. The predicted molar refractivity (Wildman–Crippen MR) is 298 cm³/mol. The molecule has 1 aliphatic carbocycles. The van der Waals surface area contributed by atoms with Crippen LogP contribution in [0.2, 0.25) is 0 Å². The minimum Gasteiger partial charge on any atom is -0.454 e. The number of hydrogen-bond acceptors (Lipinski definition) is 6. The smallest absolute Gasteiger partial charge is 0.198 e. The van der Waals surface area contributed by atoms with Gasteiger partial charge in [-0.15, -0.1) is 11.3 Å². The van der Waals surface area contributed by atoms with Gasteiger partial charge in [0, 0.05) is 70.9 Å². The summed E-state index contributed by atoms with van der Waals surface area (Å²) < 4.78 is 23.1. The van der Waals surface area contributed by atoms with Gasteiger partial charge in [-0.05, 0) is 138 Å². The molecule has 14 rings (SSSR count). The molecule has 3 aliphatic rings. The minimum absolute atomic E-state index is 0.0260. The van der Waals surface area contributed by atoms with E-state index in [0.717, 1.165) is 96.4 Å². The zero-order valence-electron chi connectivity index (χ0n) is 40.7. The van der Waals surface area contributed by atoms with E-state index in [9.17, 15) is 0 Å². The summed E-state index contributed by atoms with van der Waals surface area (Å²) in [5.41, 5.74) is 18.7. The highest BCUT2D eigenvalue weighted by molar-refractivity contribution is 7.25. The first kappa shape index (κ1) is 42.2. The van der Waals surface area contributed by atoms with Crippen LogP contribution in [-0.2, 0) is 10.8 Å². The zero-order chi connectivity index (χ0) is 47.9. The van der Waals surface area contributed by atoms with Crippen LogP contribution in [-0.4, -0.2) is 7.28 Å². The number of nitrogens with zero attached hydrogens (tertiary/aromatic N) is 1. The average Bonchev–Trinajstić information content (AvgIpc) is 3.94. The van der Waals surface area contributed by atoms with E-state index in [1.165, 1.54) is 42.4 Å². The Labute approximate surface area is 418 Å². The second-order valence-corrected chi connectivity index (χ2v) is 22.2. The fourth-order valence-electron chi connectivity index (χ4n) is 11.7. The molecule has 1 radical (unpaired) electrons. The summed E-state index contributed by atoms with van der Waals surface area (Å²) in [6.07, 6.45) is 2.24. The Balaban J connectivity index is 1.09. The van der Waals surface area contributed by atoms with Gasteiger partial charge >= 0.3 is 0 Å². The van der Waals surface area contributed by atoms with Crippen molar-refractivity contribution in [3.8, 4) is 45.3 Å². The van der Waals surface area contributed by atoms with Crippen LogP contribution in [0.15, 0.2) is 168 Å². The van der Waals surface area contributed by atoms with Crippen molar-refractivity contribution in [2.75, 3.05) is 10.2 Å². The normalized spacial score (nSPS) is 15.0. The van der Waals surface area contributed by atoms with E-state index in [1.807, 2.05) is 35.6 Å². The Morgan fingerprint density at radius 3 is 2.00 bits per heavy atom. The molecule has 0 bridgehead atoms. The Morgan fingerprint density at radius 2 is 1.21 bits per heavy atom. The standard InChI is InChI=1S/C64H50BN2O3S/c1-36-24-25-49(41(28-36)38-16-8-7-9-17-38)66-50-34-59-43(40-19-11-15-23-58(40)71-59)30-42(50)44-31-45-39-18-10-12-20-53(39)70-62(45)61-60(44)65-48-33-56-57(69-55-22-14-13-21-54(55)68-56)35-52(48)67(61)51-32-47-46(29-37(51)2)63(3,4)26-27-64(47,5)6/h7-25,28-35,66H,26-27H2,1-6H3. The number of anilines is 5. The van der Waals surface area contributed by atoms with Crippen LogP contribution in [0.25, 0.3) is 64.4 Å². The molecule has 7 heteroatoms. The van der Waals surface area contributed by atoms with Crippen molar-refractivity contribution in [2.45, 2.75) is 65.2 Å². The molecule has 343 valence electrons. The van der Waals surface area contributed by atoms with Gasteiger partial charge in [0.25, 0.3) is 0 Å². The number of furan rings is 1. The maximum atomic E-state index is 7.18. The van der Waals surface area contributed by atoms with E-state index in [1.54, 1.807) is 0 Å². The number of ether oxygens (including phenoxy) is 2. The molecule has 2 aliphatic heterocycles. The first-order valence-corrected chi connectivity index (χ1v) is 25.6. The van der Waals surface area contributed by atoms with Crippen molar-refractivity contribution >= 4 is 100 Å². The molecule has 1 N–H and O–H groups in total. The average molecular weight is 938 g/mol. The van der Waals surface area contributed by atoms with Gasteiger partial charge in [-0.1, -0.05) is 130 Å². The van der Waals surface area contributed by atoms with Gasteiger partial charge in [-0.3, -0.25) is 0 Å². The van der Waals surface area contributed by atoms with E-state index in [-0.39, 0.29) is 10.8 Å². The summed E-state index contributed by atoms with van der Waals surface area (Å²) in [6, 6.07) is 59.1. The molecule has 0 saturated heterocycles.